The van der Waals surface area contributed by atoms with Gasteiger partial charge in [0.05, 0.1) is 0 Å². The molecule has 0 spiro atoms. The Morgan fingerprint density at radius 1 is 1.13 bits per heavy atom. The molecule has 0 radical (unpaired) electrons. The molecule has 90 valence electrons. The van der Waals surface area contributed by atoms with Crippen LogP contribution in [-0.2, 0) is 8.85 Å². The van der Waals surface area contributed by atoms with E-state index >= 15 is 0 Å². The average Bonchev–Trinajstić information content (AvgIpc) is 2.98. The summed E-state index contributed by atoms with van der Waals surface area (Å²) in [5.74, 6) is 0.761. The maximum atomic E-state index is 6.06. The highest BCUT2D eigenvalue weighted by atomic mass is 28.4. The second-order valence-electron chi connectivity index (χ2n) is 4.88. The van der Waals surface area contributed by atoms with E-state index < -0.39 is 8.56 Å². The first-order valence-corrected chi connectivity index (χ1v) is 8.52. The summed E-state index contributed by atoms with van der Waals surface area (Å²) in [5, 5.41) is 0. The van der Waals surface area contributed by atoms with Crippen molar-refractivity contribution < 1.29 is 8.85 Å². The van der Waals surface area contributed by atoms with Crippen molar-refractivity contribution in [1.29, 1.82) is 0 Å². The van der Waals surface area contributed by atoms with Gasteiger partial charge in [-0.15, -0.1) is 0 Å². The minimum atomic E-state index is -1.82. The molecule has 0 amide bonds. The predicted octanol–water partition coefficient (Wildman–Crippen LogP) is 3.71. The van der Waals surface area contributed by atoms with Gasteiger partial charge in [0.15, 0.2) is 0 Å². The zero-order valence-electron chi connectivity index (χ0n) is 10.7. The van der Waals surface area contributed by atoms with Crippen molar-refractivity contribution in [2.24, 2.45) is 5.92 Å². The van der Waals surface area contributed by atoms with Crippen molar-refractivity contribution in [3.8, 4) is 0 Å². The topological polar surface area (TPSA) is 18.5 Å². The molecule has 2 nitrogen and oxygen atoms in total. The van der Waals surface area contributed by atoms with Crippen LogP contribution in [0.15, 0.2) is 0 Å². The summed E-state index contributed by atoms with van der Waals surface area (Å²) in [6, 6.07) is 1.19. The fraction of sp³-hybridized carbons (Fsp3) is 1.00. The Balaban J connectivity index is 2.54. The van der Waals surface area contributed by atoms with Crippen LogP contribution in [0, 0.1) is 5.92 Å². The molecule has 15 heavy (non-hydrogen) atoms. The van der Waals surface area contributed by atoms with Crippen molar-refractivity contribution in [3.63, 3.8) is 0 Å². The van der Waals surface area contributed by atoms with Gasteiger partial charge in [0.25, 0.3) is 0 Å². The SMILES string of the molecule is CCO[Si](CCC(C)C)(OCC)C1CC1. The summed E-state index contributed by atoms with van der Waals surface area (Å²) in [4.78, 5) is 0. The van der Waals surface area contributed by atoms with Crippen molar-refractivity contribution >= 4 is 8.56 Å². The highest BCUT2D eigenvalue weighted by Crippen LogP contribution is 2.48. The summed E-state index contributed by atoms with van der Waals surface area (Å²) in [5.41, 5.74) is 0.788. The summed E-state index contributed by atoms with van der Waals surface area (Å²) >= 11 is 0. The van der Waals surface area contributed by atoms with Crippen LogP contribution < -0.4 is 0 Å². The normalized spacial score (nSPS) is 17.4. The van der Waals surface area contributed by atoms with Crippen molar-refractivity contribution in [2.45, 2.75) is 58.5 Å². The maximum Gasteiger partial charge on any atom is 0.341 e. The Bertz CT molecular complexity index is 172. The van der Waals surface area contributed by atoms with E-state index in [-0.39, 0.29) is 0 Å². The predicted molar refractivity (Wildman–Crippen MR) is 66.3 cm³/mol. The lowest BCUT2D eigenvalue weighted by Gasteiger charge is -2.30. The van der Waals surface area contributed by atoms with Crippen LogP contribution in [0.1, 0.15) is 47.0 Å². The van der Waals surface area contributed by atoms with Gasteiger partial charge < -0.3 is 8.85 Å². The smallest absolute Gasteiger partial charge is 0.341 e. The number of rotatable bonds is 8. The Morgan fingerprint density at radius 3 is 2.00 bits per heavy atom. The van der Waals surface area contributed by atoms with Crippen molar-refractivity contribution in [1.82, 2.24) is 0 Å². The van der Waals surface area contributed by atoms with Crippen LogP contribution in [0.3, 0.4) is 0 Å². The van der Waals surface area contributed by atoms with E-state index in [0.717, 1.165) is 24.7 Å². The lowest BCUT2D eigenvalue weighted by molar-refractivity contribution is 0.178. The van der Waals surface area contributed by atoms with Gasteiger partial charge in [-0.05, 0) is 45.1 Å². The van der Waals surface area contributed by atoms with Crippen molar-refractivity contribution in [2.75, 3.05) is 13.2 Å². The van der Waals surface area contributed by atoms with Crippen LogP contribution in [-0.4, -0.2) is 21.8 Å². The first kappa shape index (κ1) is 13.2. The van der Waals surface area contributed by atoms with Crippen LogP contribution in [0.25, 0.3) is 0 Å². The lowest BCUT2D eigenvalue weighted by Crippen LogP contribution is -2.43. The number of hydrogen-bond acceptors (Lipinski definition) is 2. The fourth-order valence-electron chi connectivity index (χ4n) is 2.13. The quantitative estimate of drug-likeness (QED) is 0.592. The van der Waals surface area contributed by atoms with E-state index in [1.807, 2.05) is 0 Å². The van der Waals surface area contributed by atoms with Crippen molar-refractivity contribution in [3.05, 3.63) is 0 Å². The largest absolute Gasteiger partial charge is 0.394 e. The van der Waals surface area contributed by atoms with Crippen LogP contribution >= 0.6 is 0 Å². The molecule has 0 saturated heterocycles. The van der Waals surface area contributed by atoms with E-state index in [9.17, 15) is 0 Å². The molecular weight excluding hydrogens is 204 g/mol. The molecule has 1 saturated carbocycles. The molecule has 1 rings (SSSR count). The standard InChI is InChI=1S/C12H26O2Si/c1-5-13-15(14-6-2,12-7-8-12)10-9-11(3)4/h11-12H,5-10H2,1-4H3. The van der Waals surface area contributed by atoms with Gasteiger partial charge in [0.2, 0.25) is 0 Å². The monoisotopic (exact) mass is 230 g/mol. The van der Waals surface area contributed by atoms with Crippen LogP contribution in [0.2, 0.25) is 11.6 Å². The van der Waals surface area contributed by atoms with Gasteiger partial charge in [-0.25, -0.2) is 0 Å². The minimum absolute atomic E-state index is 0.761. The zero-order valence-corrected chi connectivity index (χ0v) is 11.7. The summed E-state index contributed by atoms with van der Waals surface area (Å²) in [7, 11) is -1.82. The third-order valence-electron chi connectivity index (χ3n) is 3.05. The molecule has 0 aromatic carbocycles. The highest BCUT2D eigenvalue weighted by molar-refractivity contribution is 6.69. The Morgan fingerprint density at radius 2 is 1.67 bits per heavy atom. The van der Waals surface area contributed by atoms with E-state index in [2.05, 4.69) is 27.7 Å². The molecule has 0 atom stereocenters. The average molecular weight is 230 g/mol. The van der Waals surface area contributed by atoms with Gasteiger partial charge >= 0.3 is 8.56 Å². The van der Waals surface area contributed by atoms with E-state index in [0.29, 0.717) is 0 Å². The van der Waals surface area contributed by atoms with Gasteiger partial charge in [-0.2, -0.15) is 0 Å². The third-order valence-corrected chi connectivity index (χ3v) is 7.41. The molecule has 0 bridgehead atoms. The first-order chi connectivity index (χ1) is 7.14. The Labute approximate surface area is 95.6 Å². The highest BCUT2D eigenvalue weighted by Gasteiger charge is 2.51. The Kier molecular flexibility index (Phi) is 5.30. The maximum absolute atomic E-state index is 6.06. The number of hydrogen-bond donors (Lipinski definition) is 0. The van der Waals surface area contributed by atoms with Gasteiger partial charge in [0, 0.05) is 18.8 Å². The van der Waals surface area contributed by atoms with Gasteiger partial charge in [-0.3, -0.25) is 0 Å². The molecule has 1 aliphatic rings. The second-order valence-corrected chi connectivity index (χ2v) is 8.40. The fourth-order valence-corrected chi connectivity index (χ4v) is 6.38. The molecule has 0 N–H and O–H groups in total. The summed E-state index contributed by atoms with van der Waals surface area (Å²) in [6.07, 6.45) is 3.93. The first-order valence-electron chi connectivity index (χ1n) is 6.42. The molecule has 0 aromatic rings. The second kappa shape index (κ2) is 6.02. The van der Waals surface area contributed by atoms with E-state index in [4.69, 9.17) is 8.85 Å². The zero-order chi connectivity index (χ0) is 11.3. The third kappa shape index (κ3) is 3.89. The molecule has 1 aliphatic carbocycles. The molecule has 0 unspecified atom stereocenters. The van der Waals surface area contributed by atoms with Crippen LogP contribution in [0.4, 0.5) is 0 Å². The molecule has 3 heteroatoms. The minimum Gasteiger partial charge on any atom is -0.394 e. The van der Waals surface area contributed by atoms with Crippen LogP contribution in [0.5, 0.6) is 0 Å². The molecule has 0 aromatic heterocycles. The molecular formula is C12H26O2Si. The molecule has 0 aliphatic heterocycles. The van der Waals surface area contributed by atoms with E-state index in [1.165, 1.54) is 25.3 Å². The molecule has 1 fully saturated rings. The lowest BCUT2D eigenvalue weighted by atomic mass is 10.2. The van der Waals surface area contributed by atoms with Gasteiger partial charge in [0.1, 0.15) is 0 Å². The molecule has 0 heterocycles. The Hall–Kier alpha value is 0.137. The van der Waals surface area contributed by atoms with E-state index in [1.54, 1.807) is 0 Å². The van der Waals surface area contributed by atoms with Gasteiger partial charge in [-0.1, -0.05) is 13.8 Å². The summed E-state index contributed by atoms with van der Waals surface area (Å²) in [6.45, 7) is 10.4. The summed E-state index contributed by atoms with van der Waals surface area (Å²) < 4.78 is 12.1.